The van der Waals surface area contributed by atoms with Crippen molar-refractivity contribution in [2.24, 2.45) is 5.92 Å². The Kier molecular flexibility index (Phi) is 3.37. The first-order valence-electron chi connectivity index (χ1n) is 8.09. The van der Waals surface area contributed by atoms with Crippen molar-refractivity contribution in [1.29, 1.82) is 0 Å². The van der Waals surface area contributed by atoms with Gasteiger partial charge < -0.3 is 5.32 Å². The fourth-order valence-electron chi connectivity index (χ4n) is 3.76. The lowest BCUT2D eigenvalue weighted by Crippen LogP contribution is -2.53. The summed E-state index contributed by atoms with van der Waals surface area (Å²) < 4.78 is 1.08. The van der Waals surface area contributed by atoms with E-state index in [1.165, 1.54) is 16.2 Å². The number of carbonyl (C=O) groups excluding carboxylic acids is 2. The van der Waals surface area contributed by atoms with E-state index in [0.29, 0.717) is 0 Å². The van der Waals surface area contributed by atoms with Crippen molar-refractivity contribution in [1.82, 2.24) is 15.2 Å². The zero-order valence-electron chi connectivity index (χ0n) is 13.0. The maximum absolute atomic E-state index is 12.9. The Labute approximate surface area is 138 Å². The molecule has 1 saturated heterocycles. The molecule has 2 aromatic rings. The van der Waals surface area contributed by atoms with Crippen LogP contribution in [0.3, 0.4) is 0 Å². The first-order chi connectivity index (χ1) is 11.1. The highest BCUT2D eigenvalue weighted by Crippen LogP contribution is 2.38. The van der Waals surface area contributed by atoms with Gasteiger partial charge in [0.15, 0.2) is 0 Å². The van der Waals surface area contributed by atoms with Crippen LogP contribution in [-0.2, 0) is 11.3 Å². The minimum atomic E-state index is -0.688. The zero-order chi connectivity index (χ0) is 16.0. The first kappa shape index (κ1) is 14.6. The van der Waals surface area contributed by atoms with Gasteiger partial charge in [0.25, 0.3) is 5.91 Å². The first-order valence-corrected chi connectivity index (χ1v) is 8.90. The second kappa shape index (κ2) is 5.30. The van der Waals surface area contributed by atoms with Crippen LogP contribution in [0, 0.1) is 5.92 Å². The SMILES string of the molecule is C[C@@H]1CCCC[C@@]12NC(=O)N(Cc1nc3ccccc3s1)C2=O. The molecule has 2 atom stereocenters. The summed E-state index contributed by atoms with van der Waals surface area (Å²) >= 11 is 1.54. The van der Waals surface area contributed by atoms with E-state index in [9.17, 15) is 9.59 Å². The largest absolute Gasteiger partial charge is 0.325 e. The molecule has 0 bridgehead atoms. The van der Waals surface area contributed by atoms with Crippen LogP contribution in [-0.4, -0.2) is 27.4 Å². The average molecular weight is 329 g/mol. The number of nitrogens with one attached hydrogen (secondary N) is 1. The number of thiazole rings is 1. The molecule has 120 valence electrons. The van der Waals surface area contributed by atoms with E-state index in [1.807, 2.05) is 24.3 Å². The molecule has 6 heteroatoms. The highest BCUT2D eigenvalue weighted by molar-refractivity contribution is 7.18. The van der Waals surface area contributed by atoms with Crippen LogP contribution in [0.2, 0.25) is 0 Å². The molecule has 1 aromatic carbocycles. The number of benzene rings is 1. The second-order valence-electron chi connectivity index (χ2n) is 6.51. The molecule has 0 radical (unpaired) electrons. The van der Waals surface area contributed by atoms with Crippen LogP contribution in [0.1, 0.15) is 37.6 Å². The van der Waals surface area contributed by atoms with E-state index in [4.69, 9.17) is 0 Å². The molecule has 1 aliphatic carbocycles. The average Bonchev–Trinajstić information content (AvgIpc) is 3.05. The normalized spacial score (nSPS) is 27.9. The van der Waals surface area contributed by atoms with Gasteiger partial charge in [-0.3, -0.25) is 9.69 Å². The number of rotatable bonds is 2. The van der Waals surface area contributed by atoms with Crippen molar-refractivity contribution in [2.75, 3.05) is 0 Å². The third-order valence-corrected chi connectivity index (χ3v) is 6.15. The van der Waals surface area contributed by atoms with Crippen LogP contribution in [0.15, 0.2) is 24.3 Å². The molecular formula is C17H19N3O2S. The lowest BCUT2D eigenvalue weighted by molar-refractivity contribution is -0.134. The van der Waals surface area contributed by atoms with E-state index in [2.05, 4.69) is 17.2 Å². The number of hydrogen-bond donors (Lipinski definition) is 1. The van der Waals surface area contributed by atoms with Crippen LogP contribution >= 0.6 is 11.3 Å². The van der Waals surface area contributed by atoms with Crippen LogP contribution in [0.5, 0.6) is 0 Å². The number of amides is 3. The van der Waals surface area contributed by atoms with Gasteiger partial charge in [0.05, 0.1) is 16.8 Å². The minimum Gasteiger partial charge on any atom is -0.323 e. The molecule has 1 aromatic heterocycles. The van der Waals surface area contributed by atoms with E-state index in [0.717, 1.165) is 40.9 Å². The molecule has 3 amide bonds. The summed E-state index contributed by atoms with van der Waals surface area (Å²) in [5.74, 6) is 0.113. The Morgan fingerprint density at radius 3 is 2.96 bits per heavy atom. The van der Waals surface area contributed by atoms with E-state index < -0.39 is 5.54 Å². The van der Waals surface area contributed by atoms with Crippen LogP contribution < -0.4 is 5.32 Å². The van der Waals surface area contributed by atoms with Crippen LogP contribution in [0.25, 0.3) is 10.2 Å². The van der Waals surface area contributed by atoms with Crippen LogP contribution in [0.4, 0.5) is 4.79 Å². The van der Waals surface area contributed by atoms with E-state index in [-0.39, 0.29) is 24.4 Å². The van der Waals surface area contributed by atoms with Crippen molar-refractivity contribution in [2.45, 2.75) is 44.7 Å². The number of hydrogen-bond acceptors (Lipinski definition) is 4. The molecule has 23 heavy (non-hydrogen) atoms. The van der Waals surface area contributed by atoms with Gasteiger partial charge in [0, 0.05) is 0 Å². The van der Waals surface area contributed by atoms with Gasteiger partial charge in [0.2, 0.25) is 0 Å². The summed E-state index contributed by atoms with van der Waals surface area (Å²) in [6, 6.07) is 7.59. The predicted molar refractivity (Wildman–Crippen MR) is 89.1 cm³/mol. The number of nitrogens with zero attached hydrogens (tertiary/aromatic N) is 2. The summed E-state index contributed by atoms with van der Waals surface area (Å²) in [4.78, 5) is 31.2. The minimum absolute atomic E-state index is 0.0750. The zero-order valence-corrected chi connectivity index (χ0v) is 13.9. The van der Waals surface area contributed by atoms with Crippen molar-refractivity contribution in [3.63, 3.8) is 0 Å². The summed E-state index contributed by atoms with van der Waals surface area (Å²) in [6.45, 7) is 2.33. The molecule has 1 saturated carbocycles. The molecule has 4 rings (SSSR count). The number of aromatic nitrogens is 1. The van der Waals surface area contributed by atoms with Gasteiger partial charge >= 0.3 is 6.03 Å². The maximum atomic E-state index is 12.9. The summed E-state index contributed by atoms with van der Waals surface area (Å²) in [5, 5.41) is 3.79. The molecule has 2 heterocycles. The third kappa shape index (κ3) is 2.24. The maximum Gasteiger partial charge on any atom is 0.325 e. The number of para-hydroxylation sites is 1. The second-order valence-corrected chi connectivity index (χ2v) is 7.63. The predicted octanol–water partition coefficient (Wildman–Crippen LogP) is 3.30. The van der Waals surface area contributed by atoms with Gasteiger partial charge in [-0.15, -0.1) is 11.3 Å². The Morgan fingerprint density at radius 1 is 1.35 bits per heavy atom. The van der Waals surface area contributed by atoms with Crippen molar-refractivity contribution in [3.8, 4) is 0 Å². The summed E-state index contributed by atoms with van der Waals surface area (Å²) in [5.41, 5.74) is 0.228. The Morgan fingerprint density at radius 2 is 2.17 bits per heavy atom. The molecule has 2 fully saturated rings. The molecule has 2 aliphatic rings. The fraction of sp³-hybridized carbons (Fsp3) is 0.471. The molecule has 1 N–H and O–H groups in total. The van der Waals surface area contributed by atoms with Gasteiger partial charge in [-0.1, -0.05) is 31.9 Å². The lowest BCUT2D eigenvalue weighted by Gasteiger charge is -2.36. The van der Waals surface area contributed by atoms with E-state index >= 15 is 0 Å². The lowest BCUT2D eigenvalue weighted by atomic mass is 9.73. The van der Waals surface area contributed by atoms with Crippen molar-refractivity contribution >= 4 is 33.5 Å². The number of carbonyl (C=O) groups is 2. The molecule has 0 unspecified atom stereocenters. The third-order valence-electron chi connectivity index (χ3n) is 5.13. The quantitative estimate of drug-likeness (QED) is 0.860. The monoisotopic (exact) mass is 329 g/mol. The fourth-order valence-corrected chi connectivity index (χ4v) is 4.72. The smallest absolute Gasteiger partial charge is 0.323 e. The Hall–Kier alpha value is -1.95. The molecular weight excluding hydrogens is 310 g/mol. The van der Waals surface area contributed by atoms with Crippen molar-refractivity contribution < 1.29 is 9.59 Å². The number of fused-ring (bicyclic) bond motifs is 1. The van der Waals surface area contributed by atoms with Gasteiger partial charge in [0.1, 0.15) is 10.5 Å². The standard InChI is InChI=1S/C17H19N3O2S/c1-11-6-4-5-9-17(11)15(21)20(16(22)19-17)10-14-18-12-7-2-3-8-13(12)23-14/h2-3,7-8,11H,4-6,9-10H2,1H3,(H,19,22)/t11-,17-/m1/s1. The Bertz CT molecular complexity index is 754. The molecule has 5 nitrogen and oxygen atoms in total. The topological polar surface area (TPSA) is 62.3 Å². The van der Waals surface area contributed by atoms with Gasteiger partial charge in [-0.2, -0.15) is 0 Å². The van der Waals surface area contributed by atoms with Crippen molar-refractivity contribution in [3.05, 3.63) is 29.3 Å². The van der Waals surface area contributed by atoms with E-state index in [1.54, 1.807) is 0 Å². The number of urea groups is 1. The molecule has 1 spiro atoms. The highest BCUT2D eigenvalue weighted by atomic mass is 32.1. The van der Waals surface area contributed by atoms with Gasteiger partial charge in [-0.25, -0.2) is 9.78 Å². The van der Waals surface area contributed by atoms with Gasteiger partial charge in [-0.05, 0) is 30.9 Å². The Balaban J connectivity index is 1.61. The summed E-state index contributed by atoms with van der Waals surface area (Å²) in [7, 11) is 0. The summed E-state index contributed by atoms with van der Waals surface area (Å²) in [6.07, 6.45) is 3.85. The molecule has 1 aliphatic heterocycles. The highest BCUT2D eigenvalue weighted by Gasteiger charge is 2.54. The number of imide groups is 1.